The molecule has 0 aliphatic rings. The predicted octanol–water partition coefficient (Wildman–Crippen LogP) is 3.84. The minimum Gasteiger partial charge on any atom is -0.280 e. The number of benzene rings is 2. The standard InChI is InChI=1S/C14H13ClFNO2S/c1-2-10-3-6-12(9-14(10)16)17-20(18,19)13-7-4-11(15)5-8-13/h3-9,17H,2H2,1H3. The van der Waals surface area contributed by atoms with E-state index in [-0.39, 0.29) is 10.6 Å². The Morgan fingerprint density at radius 2 is 1.80 bits per heavy atom. The summed E-state index contributed by atoms with van der Waals surface area (Å²) < 4.78 is 40.2. The van der Waals surface area contributed by atoms with Crippen LogP contribution in [0.3, 0.4) is 0 Å². The first-order chi connectivity index (χ1) is 9.42. The van der Waals surface area contributed by atoms with Crippen LogP contribution in [0, 0.1) is 5.82 Å². The van der Waals surface area contributed by atoms with Gasteiger partial charge in [-0.15, -0.1) is 0 Å². The first kappa shape index (κ1) is 14.8. The summed E-state index contributed by atoms with van der Waals surface area (Å²) in [4.78, 5) is 0.0712. The van der Waals surface area contributed by atoms with Gasteiger partial charge in [0.05, 0.1) is 10.6 Å². The van der Waals surface area contributed by atoms with E-state index in [1.807, 2.05) is 6.92 Å². The van der Waals surface area contributed by atoms with Gasteiger partial charge >= 0.3 is 0 Å². The Bertz CT molecular complexity index is 714. The molecule has 0 saturated heterocycles. The molecule has 0 aliphatic carbocycles. The van der Waals surface area contributed by atoms with Gasteiger partial charge in [0.1, 0.15) is 5.82 Å². The molecule has 2 rings (SSSR count). The average Bonchev–Trinajstić information content (AvgIpc) is 2.39. The molecule has 0 aromatic heterocycles. The van der Waals surface area contributed by atoms with Gasteiger partial charge in [-0.05, 0) is 48.4 Å². The highest BCUT2D eigenvalue weighted by molar-refractivity contribution is 7.92. The maximum atomic E-state index is 13.6. The normalized spacial score (nSPS) is 11.3. The molecule has 1 N–H and O–H groups in total. The third-order valence-electron chi connectivity index (χ3n) is 2.81. The topological polar surface area (TPSA) is 46.2 Å². The van der Waals surface area contributed by atoms with Crippen LogP contribution in [-0.2, 0) is 16.4 Å². The fourth-order valence-corrected chi connectivity index (χ4v) is 2.90. The molecule has 0 fully saturated rings. The summed E-state index contributed by atoms with van der Waals surface area (Å²) >= 11 is 5.71. The van der Waals surface area contributed by atoms with Gasteiger partial charge in [0.15, 0.2) is 0 Å². The molecular weight excluding hydrogens is 301 g/mol. The molecule has 3 nitrogen and oxygen atoms in total. The third-order valence-corrected chi connectivity index (χ3v) is 4.46. The number of anilines is 1. The monoisotopic (exact) mass is 313 g/mol. The van der Waals surface area contributed by atoms with Crippen LogP contribution in [0.25, 0.3) is 0 Å². The number of hydrogen-bond acceptors (Lipinski definition) is 2. The van der Waals surface area contributed by atoms with E-state index in [0.29, 0.717) is 17.0 Å². The number of sulfonamides is 1. The van der Waals surface area contributed by atoms with Crippen LogP contribution >= 0.6 is 11.6 Å². The molecule has 106 valence electrons. The summed E-state index contributed by atoms with van der Waals surface area (Å²) in [5.41, 5.74) is 0.731. The van der Waals surface area contributed by atoms with Gasteiger partial charge < -0.3 is 0 Å². The maximum Gasteiger partial charge on any atom is 0.261 e. The highest BCUT2D eigenvalue weighted by atomic mass is 35.5. The van der Waals surface area contributed by atoms with Crippen molar-refractivity contribution < 1.29 is 12.8 Å². The predicted molar refractivity (Wildman–Crippen MR) is 78.0 cm³/mol. The van der Waals surface area contributed by atoms with Crippen LogP contribution in [0.5, 0.6) is 0 Å². The summed E-state index contributed by atoms with van der Waals surface area (Å²) in [6.07, 6.45) is 0.552. The second kappa shape index (κ2) is 5.81. The maximum absolute atomic E-state index is 13.6. The van der Waals surface area contributed by atoms with E-state index in [2.05, 4.69) is 4.72 Å². The fourth-order valence-electron chi connectivity index (χ4n) is 1.73. The highest BCUT2D eigenvalue weighted by Crippen LogP contribution is 2.20. The summed E-state index contributed by atoms with van der Waals surface area (Å²) in [5, 5.41) is 0.447. The lowest BCUT2D eigenvalue weighted by Crippen LogP contribution is -2.13. The van der Waals surface area contributed by atoms with Gasteiger partial charge in [-0.25, -0.2) is 12.8 Å². The van der Waals surface area contributed by atoms with E-state index in [1.54, 1.807) is 6.07 Å². The molecule has 0 amide bonds. The van der Waals surface area contributed by atoms with Crippen molar-refractivity contribution in [3.63, 3.8) is 0 Å². The smallest absolute Gasteiger partial charge is 0.261 e. The summed E-state index contributed by atoms with van der Waals surface area (Å²) in [6, 6.07) is 10.0. The van der Waals surface area contributed by atoms with Gasteiger partial charge in [0.2, 0.25) is 0 Å². The molecule has 0 radical (unpaired) electrons. The first-order valence-electron chi connectivity index (χ1n) is 5.99. The second-order valence-electron chi connectivity index (χ2n) is 4.22. The van der Waals surface area contributed by atoms with Crippen molar-refractivity contribution in [3.05, 3.63) is 58.9 Å². The van der Waals surface area contributed by atoms with Gasteiger partial charge in [0.25, 0.3) is 10.0 Å². The average molecular weight is 314 g/mol. The van der Waals surface area contributed by atoms with Crippen molar-refractivity contribution in [3.8, 4) is 0 Å². The van der Waals surface area contributed by atoms with Crippen molar-refractivity contribution in [2.75, 3.05) is 4.72 Å². The molecule has 6 heteroatoms. The first-order valence-corrected chi connectivity index (χ1v) is 7.85. The summed E-state index contributed by atoms with van der Waals surface area (Å²) in [7, 11) is -3.74. The van der Waals surface area contributed by atoms with Crippen molar-refractivity contribution >= 4 is 27.3 Å². The Morgan fingerprint density at radius 3 is 2.35 bits per heavy atom. The van der Waals surface area contributed by atoms with E-state index in [0.717, 1.165) is 0 Å². The van der Waals surface area contributed by atoms with Crippen molar-refractivity contribution in [1.29, 1.82) is 0 Å². The van der Waals surface area contributed by atoms with Crippen molar-refractivity contribution in [2.24, 2.45) is 0 Å². The number of rotatable bonds is 4. The Hall–Kier alpha value is -1.59. The molecule has 0 aliphatic heterocycles. The number of hydrogen-bond donors (Lipinski definition) is 1. The molecule has 2 aromatic rings. The quantitative estimate of drug-likeness (QED) is 0.932. The van der Waals surface area contributed by atoms with Gasteiger partial charge in [0, 0.05) is 5.02 Å². The van der Waals surface area contributed by atoms with Crippen LogP contribution in [-0.4, -0.2) is 8.42 Å². The van der Waals surface area contributed by atoms with Crippen molar-refractivity contribution in [2.45, 2.75) is 18.2 Å². The number of halogens is 2. The molecule has 2 aromatic carbocycles. The number of nitrogens with one attached hydrogen (secondary N) is 1. The van der Waals surface area contributed by atoms with E-state index in [9.17, 15) is 12.8 Å². The lowest BCUT2D eigenvalue weighted by atomic mass is 10.1. The third kappa shape index (κ3) is 3.29. The van der Waals surface area contributed by atoms with Crippen LogP contribution in [0.4, 0.5) is 10.1 Å². The van der Waals surface area contributed by atoms with Crippen LogP contribution < -0.4 is 4.72 Å². The van der Waals surface area contributed by atoms with E-state index >= 15 is 0 Å². The fraction of sp³-hybridized carbons (Fsp3) is 0.143. The SMILES string of the molecule is CCc1ccc(NS(=O)(=O)c2ccc(Cl)cc2)cc1F. The van der Waals surface area contributed by atoms with Crippen LogP contribution in [0.1, 0.15) is 12.5 Å². The van der Waals surface area contributed by atoms with E-state index in [4.69, 9.17) is 11.6 Å². The Balaban J connectivity index is 2.28. The van der Waals surface area contributed by atoms with Gasteiger partial charge in [-0.3, -0.25) is 4.72 Å². The van der Waals surface area contributed by atoms with Gasteiger partial charge in [-0.1, -0.05) is 24.6 Å². The molecule has 0 atom stereocenters. The van der Waals surface area contributed by atoms with E-state index < -0.39 is 15.8 Å². The number of aryl methyl sites for hydroxylation is 1. The molecular formula is C14H13ClFNO2S. The highest BCUT2D eigenvalue weighted by Gasteiger charge is 2.14. The summed E-state index contributed by atoms with van der Waals surface area (Å²) in [6.45, 7) is 1.83. The summed E-state index contributed by atoms with van der Waals surface area (Å²) in [5.74, 6) is -0.427. The zero-order valence-electron chi connectivity index (χ0n) is 10.7. The Morgan fingerprint density at radius 1 is 1.15 bits per heavy atom. The molecule has 0 unspecified atom stereocenters. The molecule has 0 bridgehead atoms. The lowest BCUT2D eigenvalue weighted by molar-refractivity contribution is 0.600. The van der Waals surface area contributed by atoms with Gasteiger partial charge in [-0.2, -0.15) is 0 Å². The minimum absolute atomic E-state index is 0.0712. The van der Waals surface area contributed by atoms with Crippen LogP contribution in [0.15, 0.2) is 47.4 Å². The lowest BCUT2D eigenvalue weighted by Gasteiger charge is -2.09. The molecule has 0 saturated carbocycles. The zero-order valence-corrected chi connectivity index (χ0v) is 12.3. The largest absolute Gasteiger partial charge is 0.280 e. The van der Waals surface area contributed by atoms with Crippen molar-refractivity contribution in [1.82, 2.24) is 0 Å². The van der Waals surface area contributed by atoms with Crippen LogP contribution in [0.2, 0.25) is 5.02 Å². The minimum atomic E-state index is -3.74. The second-order valence-corrected chi connectivity index (χ2v) is 6.34. The Kier molecular flexibility index (Phi) is 4.30. The molecule has 0 heterocycles. The zero-order chi connectivity index (χ0) is 14.8. The Labute approximate surface area is 122 Å². The molecule has 20 heavy (non-hydrogen) atoms. The van der Waals surface area contributed by atoms with E-state index in [1.165, 1.54) is 36.4 Å². The molecule has 0 spiro atoms.